The number of rotatable bonds is 6. The van der Waals surface area contributed by atoms with Gasteiger partial charge in [-0.3, -0.25) is 0 Å². The van der Waals surface area contributed by atoms with Gasteiger partial charge in [0.1, 0.15) is 15.6 Å². The number of carboxylic acids is 1. The van der Waals surface area contributed by atoms with Crippen LogP contribution >= 0.6 is 11.3 Å². The first-order valence-corrected chi connectivity index (χ1v) is 8.43. The molecule has 0 radical (unpaired) electrons. The number of benzene rings is 2. The quantitative estimate of drug-likeness (QED) is 0.721. The summed E-state index contributed by atoms with van der Waals surface area (Å²) in [4.78, 5) is 15.8. The fourth-order valence-corrected chi connectivity index (χ4v) is 3.27. The summed E-state index contributed by atoms with van der Waals surface area (Å²) in [6, 6.07) is 17.8. The highest BCUT2D eigenvalue weighted by Gasteiger charge is 2.15. The van der Waals surface area contributed by atoms with Crippen LogP contribution in [-0.2, 0) is 6.42 Å². The van der Waals surface area contributed by atoms with Gasteiger partial charge in [0.15, 0.2) is 0 Å². The maximum atomic E-state index is 11.2. The third-order valence-electron chi connectivity index (χ3n) is 3.57. The number of nitrogens with zero attached hydrogens (tertiary/aromatic N) is 1. The molecular formula is C19H17NO3S. The molecule has 0 spiro atoms. The van der Waals surface area contributed by atoms with Crippen molar-refractivity contribution in [2.45, 2.75) is 13.3 Å². The molecule has 5 heteroatoms. The average Bonchev–Trinajstić information content (AvgIpc) is 2.98. The fourth-order valence-electron chi connectivity index (χ4n) is 2.37. The second kappa shape index (κ2) is 7.27. The summed E-state index contributed by atoms with van der Waals surface area (Å²) >= 11 is 1.18. The van der Waals surface area contributed by atoms with Crippen LogP contribution in [0.5, 0.6) is 5.75 Å². The number of carbonyl (C=O) groups is 1. The fraction of sp³-hybridized carbons (Fsp3) is 0.158. The molecule has 0 saturated heterocycles. The van der Waals surface area contributed by atoms with Crippen LogP contribution in [0.2, 0.25) is 0 Å². The van der Waals surface area contributed by atoms with Crippen molar-refractivity contribution in [2.75, 3.05) is 6.61 Å². The molecule has 3 rings (SSSR count). The van der Waals surface area contributed by atoms with E-state index in [4.69, 9.17) is 9.84 Å². The smallest absolute Gasteiger partial charge is 0.347 e. The molecule has 0 aliphatic carbocycles. The minimum absolute atomic E-state index is 0.278. The van der Waals surface area contributed by atoms with E-state index in [2.05, 4.69) is 17.1 Å². The van der Waals surface area contributed by atoms with E-state index < -0.39 is 5.97 Å². The average molecular weight is 339 g/mol. The van der Waals surface area contributed by atoms with Gasteiger partial charge in [0.2, 0.25) is 0 Å². The number of ether oxygens (including phenoxy) is 1. The van der Waals surface area contributed by atoms with Crippen LogP contribution in [-0.4, -0.2) is 22.7 Å². The third kappa shape index (κ3) is 3.81. The highest BCUT2D eigenvalue weighted by atomic mass is 32.1. The van der Waals surface area contributed by atoms with Crippen LogP contribution in [0.25, 0.3) is 10.6 Å². The predicted octanol–water partition coefficient (Wildman–Crippen LogP) is 4.44. The zero-order valence-electron chi connectivity index (χ0n) is 13.2. The standard InChI is InChI=1S/C19H17NO3S/c1-13-17(19(21)22)24-18(20-13)15-8-5-9-16(12-15)23-11-10-14-6-3-2-4-7-14/h2-9,12H,10-11H2,1H3,(H,21,22). The number of aromatic nitrogens is 1. The molecule has 1 aromatic heterocycles. The topological polar surface area (TPSA) is 59.4 Å². The number of aromatic carboxylic acids is 1. The summed E-state index contributed by atoms with van der Waals surface area (Å²) in [6.07, 6.45) is 0.838. The Hall–Kier alpha value is -2.66. The van der Waals surface area contributed by atoms with Crippen LogP contribution in [0.4, 0.5) is 0 Å². The number of carboxylic acid groups (broad SMARTS) is 1. The number of hydrogen-bond acceptors (Lipinski definition) is 4. The number of hydrogen-bond donors (Lipinski definition) is 1. The lowest BCUT2D eigenvalue weighted by molar-refractivity contribution is 0.0701. The zero-order chi connectivity index (χ0) is 16.9. The van der Waals surface area contributed by atoms with E-state index in [1.807, 2.05) is 42.5 Å². The van der Waals surface area contributed by atoms with E-state index in [0.717, 1.165) is 17.7 Å². The Morgan fingerprint density at radius 3 is 2.67 bits per heavy atom. The molecule has 2 aromatic carbocycles. The molecule has 4 nitrogen and oxygen atoms in total. The second-order valence-corrected chi connectivity index (χ2v) is 6.35. The van der Waals surface area contributed by atoms with Crippen LogP contribution < -0.4 is 4.74 Å². The SMILES string of the molecule is Cc1nc(-c2cccc(OCCc3ccccc3)c2)sc1C(=O)O. The molecule has 0 bridgehead atoms. The summed E-state index contributed by atoms with van der Waals surface area (Å²) in [5.74, 6) is -0.181. The lowest BCUT2D eigenvalue weighted by atomic mass is 10.2. The minimum atomic E-state index is -0.938. The van der Waals surface area contributed by atoms with E-state index >= 15 is 0 Å². The lowest BCUT2D eigenvalue weighted by Gasteiger charge is -2.07. The van der Waals surface area contributed by atoms with Crippen LogP contribution in [0.3, 0.4) is 0 Å². The van der Waals surface area contributed by atoms with Crippen molar-refractivity contribution in [2.24, 2.45) is 0 Å². The van der Waals surface area contributed by atoms with Gasteiger partial charge in [0, 0.05) is 12.0 Å². The summed E-state index contributed by atoms with van der Waals surface area (Å²) in [6.45, 7) is 2.30. The highest BCUT2D eigenvalue weighted by Crippen LogP contribution is 2.30. The van der Waals surface area contributed by atoms with Crippen LogP contribution in [0.15, 0.2) is 54.6 Å². The normalized spacial score (nSPS) is 10.5. The molecule has 0 fully saturated rings. The van der Waals surface area contributed by atoms with Gasteiger partial charge in [-0.25, -0.2) is 9.78 Å². The Morgan fingerprint density at radius 1 is 1.17 bits per heavy atom. The first-order valence-electron chi connectivity index (χ1n) is 7.61. The van der Waals surface area contributed by atoms with Crippen molar-refractivity contribution in [3.05, 3.63) is 70.7 Å². The van der Waals surface area contributed by atoms with Gasteiger partial charge in [-0.2, -0.15) is 0 Å². The van der Waals surface area contributed by atoms with Crippen molar-refractivity contribution in [1.29, 1.82) is 0 Å². The molecule has 0 unspecified atom stereocenters. The number of thiazole rings is 1. The van der Waals surface area contributed by atoms with Crippen molar-refractivity contribution >= 4 is 17.3 Å². The second-order valence-electron chi connectivity index (χ2n) is 5.35. The summed E-state index contributed by atoms with van der Waals surface area (Å²) in [5, 5.41) is 9.84. The Kier molecular flexibility index (Phi) is 4.91. The molecule has 1 N–H and O–H groups in total. The highest BCUT2D eigenvalue weighted by molar-refractivity contribution is 7.17. The lowest BCUT2D eigenvalue weighted by Crippen LogP contribution is -2.01. The molecular weight excluding hydrogens is 322 g/mol. The Morgan fingerprint density at radius 2 is 1.96 bits per heavy atom. The zero-order valence-corrected chi connectivity index (χ0v) is 14.0. The van der Waals surface area contributed by atoms with Crippen molar-refractivity contribution in [1.82, 2.24) is 4.98 Å². The first-order chi connectivity index (χ1) is 11.6. The van der Waals surface area contributed by atoms with E-state index in [-0.39, 0.29) is 4.88 Å². The van der Waals surface area contributed by atoms with Crippen LogP contribution in [0.1, 0.15) is 20.9 Å². The van der Waals surface area contributed by atoms with E-state index in [1.165, 1.54) is 16.9 Å². The monoisotopic (exact) mass is 339 g/mol. The maximum absolute atomic E-state index is 11.2. The van der Waals surface area contributed by atoms with E-state index in [0.29, 0.717) is 17.3 Å². The van der Waals surface area contributed by atoms with Gasteiger partial charge in [-0.1, -0.05) is 42.5 Å². The molecule has 122 valence electrons. The summed E-state index contributed by atoms with van der Waals surface area (Å²) < 4.78 is 5.82. The van der Waals surface area contributed by atoms with Gasteiger partial charge in [0.25, 0.3) is 0 Å². The molecule has 0 aliphatic heterocycles. The van der Waals surface area contributed by atoms with E-state index in [1.54, 1.807) is 6.92 Å². The molecule has 3 aromatic rings. The van der Waals surface area contributed by atoms with Gasteiger partial charge in [-0.15, -0.1) is 11.3 Å². The van der Waals surface area contributed by atoms with Gasteiger partial charge >= 0.3 is 5.97 Å². The molecule has 0 aliphatic rings. The molecule has 0 atom stereocenters. The Labute approximate surface area is 144 Å². The molecule has 0 amide bonds. The van der Waals surface area contributed by atoms with Crippen molar-refractivity contribution in [3.63, 3.8) is 0 Å². The molecule has 0 saturated carbocycles. The van der Waals surface area contributed by atoms with E-state index in [9.17, 15) is 4.79 Å². The maximum Gasteiger partial charge on any atom is 0.347 e. The first kappa shape index (κ1) is 16.2. The van der Waals surface area contributed by atoms with Crippen molar-refractivity contribution in [3.8, 4) is 16.3 Å². The Bertz CT molecular complexity index is 843. The summed E-state index contributed by atoms with van der Waals surface area (Å²) in [7, 11) is 0. The Balaban J connectivity index is 1.70. The van der Waals surface area contributed by atoms with Gasteiger partial charge in [-0.05, 0) is 24.6 Å². The van der Waals surface area contributed by atoms with Gasteiger partial charge in [0.05, 0.1) is 12.3 Å². The molecule has 24 heavy (non-hydrogen) atoms. The predicted molar refractivity (Wildman–Crippen MR) is 94.9 cm³/mol. The third-order valence-corrected chi connectivity index (χ3v) is 4.77. The number of aryl methyl sites for hydroxylation is 1. The van der Waals surface area contributed by atoms with Crippen LogP contribution in [0, 0.1) is 6.92 Å². The summed E-state index contributed by atoms with van der Waals surface area (Å²) in [5.41, 5.74) is 2.64. The minimum Gasteiger partial charge on any atom is -0.493 e. The van der Waals surface area contributed by atoms with Crippen molar-refractivity contribution < 1.29 is 14.6 Å². The van der Waals surface area contributed by atoms with Gasteiger partial charge < -0.3 is 9.84 Å². The molecule has 1 heterocycles. The largest absolute Gasteiger partial charge is 0.493 e.